The fourth-order valence-corrected chi connectivity index (χ4v) is 4.65. The van der Waals surface area contributed by atoms with Crippen molar-refractivity contribution in [2.45, 2.75) is 64.2 Å². The van der Waals surface area contributed by atoms with E-state index in [1.165, 1.54) is 97.1 Å². The molecule has 0 aliphatic rings. The Hall–Kier alpha value is -0.800. The van der Waals surface area contributed by atoms with Crippen LogP contribution in [0.4, 0.5) is 0 Å². The van der Waals surface area contributed by atoms with Gasteiger partial charge in [0.05, 0.1) is 0 Å². The smallest absolute Gasteiger partial charge is 0.0465 e. The van der Waals surface area contributed by atoms with Gasteiger partial charge in [-0.05, 0) is 73.9 Å². The van der Waals surface area contributed by atoms with Crippen LogP contribution in [-0.2, 0) is 12.8 Å². The highest BCUT2D eigenvalue weighted by molar-refractivity contribution is 9.09. The fraction of sp³-hybridized carbons (Fsp3) is 0.500. The Balaban J connectivity index is 1.68. The Kier molecular flexibility index (Phi) is 8.73. The SMILES string of the molecule is BrCCCCCCc1ccc2[nH]c3ccc(CCCCCCBr)cc3c2c1. The van der Waals surface area contributed by atoms with Crippen LogP contribution >= 0.6 is 31.9 Å². The number of aromatic amines is 1. The lowest BCUT2D eigenvalue weighted by molar-refractivity contribution is 0.672. The average molecular weight is 493 g/mol. The summed E-state index contributed by atoms with van der Waals surface area (Å²) in [5, 5.41) is 5.05. The van der Waals surface area contributed by atoms with Gasteiger partial charge in [-0.1, -0.05) is 69.7 Å². The van der Waals surface area contributed by atoms with Gasteiger partial charge in [-0.3, -0.25) is 0 Å². The first-order chi connectivity index (χ1) is 13.3. The van der Waals surface area contributed by atoms with Gasteiger partial charge in [0, 0.05) is 32.5 Å². The molecule has 3 rings (SSSR count). The molecule has 0 amide bonds. The summed E-state index contributed by atoms with van der Waals surface area (Å²) in [6.07, 6.45) is 12.9. The van der Waals surface area contributed by atoms with Crippen molar-refractivity contribution in [3.05, 3.63) is 47.5 Å². The van der Waals surface area contributed by atoms with E-state index in [1.807, 2.05) is 0 Å². The number of alkyl halides is 2. The first-order valence-corrected chi connectivity index (χ1v) is 12.7. The molecule has 0 aliphatic carbocycles. The second-order valence-corrected chi connectivity index (χ2v) is 9.18. The molecular formula is C24H31Br2N. The highest BCUT2D eigenvalue weighted by atomic mass is 79.9. The van der Waals surface area contributed by atoms with Gasteiger partial charge in [-0.2, -0.15) is 0 Å². The van der Waals surface area contributed by atoms with E-state index in [0.29, 0.717) is 0 Å². The predicted octanol–water partition coefficient (Wildman–Crippen LogP) is 8.32. The Bertz CT molecular complexity index is 769. The van der Waals surface area contributed by atoms with Crippen LogP contribution < -0.4 is 0 Å². The summed E-state index contributed by atoms with van der Waals surface area (Å²) < 4.78 is 0. The molecule has 1 aromatic heterocycles. The number of unbranched alkanes of at least 4 members (excludes halogenated alkanes) is 6. The van der Waals surface area contributed by atoms with Crippen molar-refractivity contribution < 1.29 is 0 Å². The molecule has 146 valence electrons. The van der Waals surface area contributed by atoms with Gasteiger partial charge in [-0.25, -0.2) is 0 Å². The van der Waals surface area contributed by atoms with Gasteiger partial charge < -0.3 is 4.98 Å². The number of halogens is 2. The third-order valence-corrected chi connectivity index (χ3v) is 6.55. The minimum absolute atomic E-state index is 1.13. The minimum atomic E-state index is 1.13. The molecule has 1 nitrogen and oxygen atoms in total. The van der Waals surface area contributed by atoms with Crippen LogP contribution in [0.1, 0.15) is 62.5 Å². The molecule has 0 aliphatic heterocycles. The molecule has 0 saturated heterocycles. The summed E-state index contributed by atoms with van der Waals surface area (Å²) in [5.41, 5.74) is 5.48. The van der Waals surface area contributed by atoms with E-state index in [0.717, 1.165) is 10.7 Å². The van der Waals surface area contributed by atoms with Crippen molar-refractivity contribution in [3.8, 4) is 0 Å². The van der Waals surface area contributed by atoms with Crippen LogP contribution in [0, 0.1) is 0 Å². The lowest BCUT2D eigenvalue weighted by atomic mass is 10.0. The molecule has 0 radical (unpaired) electrons. The largest absolute Gasteiger partial charge is 0.355 e. The number of nitrogens with one attached hydrogen (secondary N) is 1. The lowest BCUT2D eigenvalue weighted by Gasteiger charge is -2.04. The molecule has 1 heterocycles. The fourth-order valence-electron chi connectivity index (χ4n) is 3.86. The summed E-state index contributed by atoms with van der Waals surface area (Å²) in [6, 6.07) is 14.0. The summed E-state index contributed by atoms with van der Waals surface area (Å²) in [4.78, 5) is 3.59. The Morgan fingerprint density at radius 2 is 1.00 bits per heavy atom. The number of aryl methyl sites for hydroxylation is 2. The lowest BCUT2D eigenvalue weighted by Crippen LogP contribution is -1.87. The standard InChI is InChI=1S/C24H31Br2N/c25-15-7-3-1-5-9-19-11-13-23-21(17-19)22-18-20(12-14-24(22)27-23)10-6-2-4-8-16-26/h11-14,17-18,27H,1-10,15-16H2. The van der Waals surface area contributed by atoms with Crippen molar-refractivity contribution in [3.63, 3.8) is 0 Å². The van der Waals surface area contributed by atoms with Crippen LogP contribution in [0.25, 0.3) is 21.8 Å². The van der Waals surface area contributed by atoms with Crippen molar-refractivity contribution in [2.24, 2.45) is 0 Å². The first kappa shape index (κ1) is 20.9. The highest BCUT2D eigenvalue weighted by Crippen LogP contribution is 2.28. The quantitative estimate of drug-likeness (QED) is 0.193. The van der Waals surface area contributed by atoms with Crippen LogP contribution in [0.2, 0.25) is 0 Å². The van der Waals surface area contributed by atoms with E-state index >= 15 is 0 Å². The van der Waals surface area contributed by atoms with Crippen molar-refractivity contribution in [1.82, 2.24) is 4.98 Å². The zero-order chi connectivity index (χ0) is 18.9. The Morgan fingerprint density at radius 3 is 1.44 bits per heavy atom. The molecule has 0 saturated carbocycles. The maximum Gasteiger partial charge on any atom is 0.0465 e. The van der Waals surface area contributed by atoms with Gasteiger partial charge in [0.2, 0.25) is 0 Å². The summed E-state index contributed by atoms with van der Waals surface area (Å²) in [6.45, 7) is 0. The summed E-state index contributed by atoms with van der Waals surface area (Å²) >= 11 is 7.04. The number of aromatic nitrogens is 1. The molecule has 0 atom stereocenters. The molecule has 0 spiro atoms. The molecule has 27 heavy (non-hydrogen) atoms. The second-order valence-electron chi connectivity index (χ2n) is 7.59. The number of H-pyrrole nitrogens is 1. The van der Waals surface area contributed by atoms with E-state index in [4.69, 9.17) is 0 Å². The van der Waals surface area contributed by atoms with Crippen molar-refractivity contribution in [1.29, 1.82) is 0 Å². The van der Waals surface area contributed by atoms with Crippen LogP contribution in [0.15, 0.2) is 36.4 Å². The minimum Gasteiger partial charge on any atom is -0.355 e. The summed E-state index contributed by atoms with van der Waals surface area (Å²) in [5.74, 6) is 0. The van der Waals surface area contributed by atoms with E-state index in [1.54, 1.807) is 0 Å². The normalized spacial score (nSPS) is 11.6. The Morgan fingerprint density at radius 1 is 0.556 bits per heavy atom. The van der Waals surface area contributed by atoms with Gasteiger partial charge in [0.15, 0.2) is 0 Å². The Labute approximate surface area is 180 Å². The van der Waals surface area contributed by atoms with Crippen molar-refractivity contribution >= 4 is 53.7 Å². The van der Waals surface area contributed by atoms with Gasteiger partial charge >= 0.3 is 0 Å². The second kappa shape index (κ2) is 11.3. The molecule has 3 heteroatoms. The third kappa shape index (κ3) is 6.09. The van der Waals surface area contributed by atoms with E-state index in [-0.39, 0.29) is 0 Å². The maximum atomic E-state index is 3.59. The van der Waals surface area contributed by atoms with E-state index in [2.05, 4.69) is 73.2 Å². The first-order valence-electron chi connectivity index (χ1n) is 10.5. The topological polar surface area (TPSA) is 15.8 Å². The third-order valence-electron chi connectivity index (χ3n) is 5.43. The van der Waals surface area contributed by atoms with E-state index < -0.39 is 0 Å². The van der Waals surface area contributed by atoms with Crippen molar-refractivity contribution in [2.75, 3.05) is 10.7 Å². The van der Waals surface area contributed by atoms with Gasteiger partial charge in [-0.15, -0.1) is 0 Å². The molecule has 3 aromatic rings. The molecule has 0 fully saturated rings. The van der Waals surface area contributed by atoms with Crippen LogP contribution in [-0.4, -0.2) is 15.6 Å². The van der Waals surface area contributed by atoms with Crippen LogP contribution in [0.5, 0.6) is 0 Å². The molecule has 0 unspecified atom stereocenters. The molecular weight excluding hydrogens is 462 g/mol. The summed E-state index contributed by atoms with van der Waals surface area (Å²) in [7, 11) is 0. The highest BCUT2D eigenvalue weighted by Gasteiger charge is 2.07. The van der Waals surface area contributed by atoms with Crippen LogP contribution in [0.3, 0.4) is 0 Å². The molecule has 0 bridgehead atoms. The average Bonchev–Trinajstić information content (AvgIpc) is 3.05. The van der Waals surface area contributed by atoms with Gasteiger partial charge in [0.1, 0.15) is 0 Å². The number of hydrogen-bond donors (Lipinski definition) is 1. The number of benzene rings is 2. The number of rotatable bonds is 12. The van der Waals surface area contributed by atoms with Gasteiger partial charge in [0.25, 0.3) is 0 Å². The maximum absolute atomic E-state index is 3.59. The monoisotopic (exact) mass is 491 g/mol. The van der Waals surface area contributed by atoms with E-state index in [9.17, 15) is 0 Å². The number of hydrogen-bond acceptors (Lipinski definition) is 0. The zero-order valence-electron chi connectivity index (χ0n) is 16.2. The molecule has 2 aromatic carbocycles. The molecule has 1 N–H and O–H groups in total. The predicted molar refractivity (Wildman–Crippen MR) is 128 cm³/mol. The zero-order valence-corrected chi connectivity index (χ0v) is 19.4. The number of fused-ring (bicyclic) bond motifs is 3.